The zero-order chi connectivity index (χ0) is 14.4. The van der Waals surface area contributed by atoms with E-state index in [9.17, 15) is 8.78 Å². The van der Waals surface area contributed by atoms with E-state index in [1.807, 2.05) is 12.1 Å². The molecule has 4 rings (SSSR count). The number of thiazole rings is 1. The number of fused-ring (bicyclic) bond motifs is 3. The number of alkyl halides is 2. The van der Waals surface area contributed by atoms with Gasteiger partial charge in [-0.15, -0.1) is 11.3 Å². The molecule has 0 saturated carbocycles. The zero-order valence-electron chi connectivity index (χ0n) is 10.5. The predicted molar refractivity (Wildman–Crippen MR) is 77.5 cm³/mol. The molecule has 0 atom stereocenters. The number of halogens is 2. The van der Waals surface area contributed by atoms with Crippen LogP contribution in [0.25, 0.3) is 32.6 Å². The SMILES string of the molecule is FC(F)c1cnccc1-c1nc2c(ccc3scnc32)[nH]1. The Morgan fingerprint density at radius 2 is 2.05 bits per heavy atom. The summed E-state index contributed by atoms with van der Waals surface area (Å²) in [4.78, 5) is 15.6. The predicted octanol–water partition coefficient (Wildman–Crippen LogP) is 4.17. The molecule has 0 aliphatic rings. The van der Waals surface area contributed by atoms with Gasteiger partial charge in [-0.2, -0.15) is 0 Å². The summed E-state index contributed by atoms with van der Waals surface area (Å²) in [5, 5.41) is 0. The van der Waals surface area contributed by atoms with Crippen LogP contribution in [0.5, 0.6) is 0 Å². The summed E-state index contributed by atoms with van der Waals surface area (Å²) in [5.74, 6) is 0.406. The number of nitrogens with zero attached hydrogens (tertiary/aromatic N) is 3. The molecule has 104 valence electrons. The number of aromatic amines is 1. The molecule has 0 radical (unpaired) electrons. The monoisotopic (exact) mass is 302 g/mol. The fraction of sp³-hybridized carbons (Fsp3) is 0.0714. The second kappa shape index (κ2) is 4.56. The molecule has 0 aliphatic carbocycles. The largest absolute Gasteiger partial charge is 0.338 e. The number of hydrogen-bond acceptors (Lipinski definition) is 4. The van der Waals surface area contributed by atoms with Gasteiger partial charge >= 0.3 is 0 Å². The van der Waals surface area contributed by atoms with E-state index in [1.165, 1.54) is 29.8 Å². The van der Waals surface area contributed by atoms with Gasteiger partial charge in [-0.1, -0.05) is 0 Å². The molecule has 0 spiro atoms. The van der Waals surface area contributed by atoms with E-state index in [2.05, 4.69) is 19.9 Å². The molecule has 0 unspecified atom stereocenters. The molecule has 0 aliphatic heterocycles. The third-order valence-corrected chi connectivity index (χ3v) is 4.09. The minimum atomic E-state index is -2.60. The van der Waals surface area contributed by atoms with Crippen LogP contribution in [0.15, 0.2) is 36.1 Å². The van der Waals surface area contributed by atoms with E-state index < -0.39 is 6.43 Å². The highest BCUT2D eigenvalue weighted by molar-refractivity contribution is 7.16. The smallest absolute Gasteiger partial charge is 0.266 e. The Labute approximate surface area is 121 Å². The number of hydrogen-bond donors (Lipinski definition) is 1. The Morgan fingerprint density at radius 3 is 2.90 bits per heavy atom. The molecular weight excluding hydrogens is 294 g/mol. The maximum atomic E-state index is 13.1. The molecule has 0 bridgehead atoms. The first kappa shape index (κ1) is 12.3. The summed E-state index contributed by atoms with van der Waals surface area (Å²) >= 11 is 1.52. The summed E-state index contributed by atoms with van der Waals surface area (Å²) in [6.45, 7) is 0. The normalized spacial score (nSPS) is 11.8. The lowest BCUT2D eigenvalue weighted by Gasteiger charge is -2.04. The molecule has 1 aromatic carbocycles. The van der Waals surface area contributed by atoms with Crippen molar-refractivity contribution in [1.29, 1.82) is 0 Å². The van der Waals surface area contributed by atoms with E-state index in [0.717, 1.165) is 15.7 Å². The number of imidazole rings is 1. The van der Waals surface area contributed by atoms with Crippen LogP contribution < -0.4 is 0 Å². The Morgan fingerprint density at radius 1 is 1.14 bits per heavy atom. The van der Waals surface area contributed by atoms with Gasteiger partial charge in [-0.25, -0.2) is 18.7 Å². The van der Waals surface area contributed by atoms with Gasteiger partial charge in [-0.3, -0.25) is 4.98 Å². The van der Waals surface area contributed by atoms with E-state index >= 15 is 0 Å². The van der Waals surface area contributed by atoms with Crippen LogP contribution in [0.1, 0.15) is 12.0 Å². The van der Waals surface area contributed by atoms with Crippen LogP contribution >= 0.6 is 11.3 Å². The Hall–Kier alpha value is -2.41. The number of pyridine rings is 1. The van der Waals surface area contributed by atoms with Crippen molar-refractivity contribution in [3.63, 3.8) is 0 Å². The van der Waals surface area contributed by atoms with Crippen molar-refractivity contribution in [1.82, 2.24) is 19.9 Å². The van der Waals surface area contributed by atoms with Crippen LogP contribution in [-0.2, 0) is 0 Å². The number of benzene rings is 1. The lowest BCUT2D eigenvalue weighted by atomic mass is 10.1. The molecule has 3 aromatic heterocycles. The Kier molecular flexibility index (Phi) is 2.68. The van der Waals surface area contributed by atoms with E-state index in [-0.39, 0.29) is 5.56 Å². The van der Waals surface area contributed by atoms with Gasteiger partial charge in [0, 0.05) is 23.5 Å². The van der Waals surface area contributed by atoms with Crippen LogP contribution in [0, 0.1) is 0 Å². The summed E-state index contributed by atoms with van der Waals surface area (Å²) in [7, 11) is 0. The third kappa shape index (κ3) is 1.89. The molecular formula is C14H8F2N4S. The first-order valence-electron chi connectivity index (χ1n) is 6.18. The summed E-state index contributed by atoms with van der Waals surface area (Å²) in [5.41, 5.74) is 4.23. The molecule has 7 heteroatoms. The average Bonchev–Trinajstić information content (AvgIpc) is 3.12. The number of nitrogens with one attached hydrogen (secondary N) is 1. The van der Waals surface area contributed by atoms with Crippen molar-refractivity contribution in [2.24, 2.45) is 0 Å². The zero-order valence-corrected chi connectivity index (χ0v) is 11.4. The van der Waals surface area contributed by atoms with Crippen molar-refractivity contribution < 1.29 is 8.78 Å². The highest BCUT2D eigenvalue weighted by Crippen LogP contribution is 2.32. The van der Waals surface area contributed by atoms with Crippen molar-refractivity contribution in [3.05, 3.63) is 41.7 Å². The van der Waals surface area contributed by atoms with Crippen molar-refractivity contribution in [2.75, 3.05) is 0 Å². The fourth-order valence-electron chi connectivity index (χ4n) is 2.32. The maximum absolute atomic E-state index is 13.1. The summed E-state index contributed by atoms with van der Waals surface area (Å²) in [6, 6.07) is 5.37. The molecule has 0 fully saturated rings. The summed E-state index contributed by atoms with van der Waals surface area (Å²) < 4.78 is 27.2. The van der Waals surface area contributed by atoms with Gasteiger partial charge in [0.25, 0.3) is 6.43 Å². The average molecular weight is 302 g/mol. The number of aromatic nitrogens is 4. The number of H-pyrrole nitrogens is 1. The van der Waals surface area contributed by atoms with Gasteiger partial charge in [0.2, 0.25) is 0 Å². The van der Waals surface area contributed by atoms with Gasteiger partial charge in [0.15, 0.2) is 0 Å². The molecule has 4 aromatic rings. The minimum absolute atomic E-state index is 0.133. The Balaban J connectivity index is 1.99. The fourth-order valence-corrected chi connectivity index (χ4v) is 3.00. The lowest BCUT2D eigenvalue weighted by molar-refractivity contribution is 0.151. The van der Waals surface area contributed by atoms with Crippen molar-refractivity contribution in [2.45, 2.75) is 6.43 Å². The lowest BCUT2D eigenvalue weighted by Crippen LogP contribution is -1.92. The second-order valence-corrected chi connectivity index (χ2v) is 5.40. The standard InChI is InChI=1S/C14H8F2N4S/c15-13(16)8-5-17-4-3-7(8)14-19-9-1-2-10-12(11(9)20-14)18-6-21-10/h1-6,13H,(H,19,20). The topological polar surface area (TPSA) is 54.5 Å². The molecule has 0 amide bonds. The second-order valence-electron chi connectivity index (χ2n) is 4.51. The maximum Gasteiger partial charge on any atom is 0.266 e. The number of rotatable bonds is 2. The molecule has 1 N–H and O–H groups in total. The van der Waals surface area contributed by atoms with E-state index in [1.54, 1.807) is 5.51 Å². The van der Waals surface area contributed by atoms with Crippen LogP contribution in [0.2, 0.25) is 0 Å². The summed E-state index contributed by atoms with van der Waals surface area (Å²) in [6.07, 6.45) is 0.0551. The first-order valence-corrected chi connectivity index (χ1v) is 7.06. The Bertz CT molecular complexity index is 944. The van der Waals surface area contributed by atoms with Crippen molar-refractivity contribution >= 4 is 32.6 Å². The van der Waals surface area contributed by atoms with Gasteiger partial charge in [0.05, 0.1) is 15.7 Å². The van der Waals surface area contributed by atoms with Crippen LogP contribution in [-0.4, -0.2) is 19.9 Å². The van der Waals surface area contributed by atoms with Crippen LogP contribution in [0.4, 0.5) is 8.78 Å². The van der Waals surface area contributed by atoms with E-state index in [4.69, 9.17) is 0 Å². The first-order chi connectivity index (χ1) is 10.2. The highest BCUT2D eigenvalue weighted by Gasteiger charge is 2.17. The highest BCUT2D eigenvalue weighted by atomic mass is 32.1. The minimum Gasteiger partial charge on any atom is -0.338 e. The molecule has 21 heavy (non-hydrogen) atoms. The molecule has 3 heterocycles. The van der Waals surface area contributed by atoms with Gasteiger partial charge < -0.3 is 4.98 Å². The molecule has 4 nitrogen and oxygen atoms in total. The molecule has 0 saturated heterocycles. The van der Waals surface area contributed by atoms with Crippen molar-refractivity contribution in [3.8, 4) is 11.4 Å². The van der Waals surface area contributed by atoms with Gasteiger partial charge in [-0.05, 0) is 18.2 Å². The van der Waals surface area contributed by atoms with E-state index in [0.29, 0.717) is 16.9 Å². The third-order valence-electron chi connectivity index (χ3n) is 3.29. The van der Waals surface area contributed by atoms with Crippen LogP contribution in [0.3, 0.4) is 0 Å². The quantitative estimate of drug-likeness (QED) is 0.604. The van der Waals surface area contributed by atoms with Gasteiger partial charge in [0.1, 0.15) is 16.9 Å².